The zero-order valence-electron chi connectivity index (χ0n) is 11.5. The Morgan fingerprint density at radius 2 is 1.60 bits per heavy atom. The smallest absolute Gasteiger partial charge is 0.199 e. The molecule has 0 bridgehead atoms. The maximum atomic E-state index is 10.2. The average Bonchev–Trinajstić information content (AvgIpc) is 2.74. The topological polar surface area (TPSA) is 59.9 Å². The Labute approximate surface area is 117 Å². The van der Waals surface area contributed by atoms with Crippen LogP contribution >= 0.6 is 0 Å². The first kappa shape index (κ1) is 12.5. The van der Waals surface area contributed by atoms with Crippen molar-refractivity contribution in [2.24, 2.45) is 0 Å². The Morgan fingerprint density at radius 3 is 2.30 bits per heavy atom. The molecule has 0 aliphatic heterocycles. The van der Waals surface area contributed by atoms with Crippen LogP contribution in [0.1, 0.15) is 22.3 Å². The summed E-state index contributed by atoms with van der Waals surface area (Å²) in [5.74, 6) is 0.0545. The number of aryl methyl sites for hydroxylation is 2. The van der Waals surface area contributed by atoms with E-state index in [4.69, 9.17) is 5.41 Å². The van der Waals surface area contributed by atoms with Crippen LogP contribution in [0.4, 0.5) is 0 Å². The molecule has 0 atom stereocenters. The predicted octanol–water partition coefficient (Wildman–Crippen LogP) is 3.91. The van der Waals surface area contributed by atoms with Gasteiger partial charge in [0.15, 0.2) is 5.88 Å². The van der Waals surface area contributed by atoms with Crippen molar-refractivity contribution in [3.63, 3.8) is 0 Å². The van der Waals surface area contributed by atoms with E-state index in [1.54, 1.807) is 0 Å². The summed E-state index contributed by atoms with van der Waals surface area (Å²) in [6, 6.07) is 13.6. The van der Waals surface area contributed by atoms with Crippen molar-refractivity contribution in [3.8, 4) is 5.88 Å². The lowest BCUT2D eigenvalue weighted by molar-refractivity contribution is 0.457. The first-order valence-corrected chi connectivity index (χ1v) is 6.54. The van der Waals surface area contributed by atoms with Crippen molar-refractivity contribution in [3.05, 3.63) is 64.7 Å². The van der Waals surface area contributed by atoms with Gasteiger partial charge in [0.2, 0.25) is 0 Å². The van der Waals surface area contributed by atoms with E-state index in [9.17, 15) is 5.11 Å². The number of aromatic nitrogens is 1. The molecule has 3 nitrogen and oxygen atoms in total. The first-order valence-electron chi connectivity index (χ1n) is 6.54. The molecule has 0 radical (unpaired) electrons. The summed E-state index contributed by atoms with van der Waals surface area (Å²) in [4.78, 5) is 2.93. The minimum Gasteiger partial charge on any atom is -0.494 e. The van der Waals surface area contributed by atoms with Gasteiger partial charge in [0, 0.05) is 16.5 Å². The number of fused-ring (bicyclic) bond motifs is 1. The second-order valence-electron chi connectivity index (χ2n) is 5.04. The van der Waals surface area contributed by atoms with Crippen LogP contribution in [0.5, 0.6) is 5.88 Å². The number of hydrogen-bond acceptors (Lipinski definition) is 2. The SMILES string of the molecule is Cc1cccc(C)c1C(=N)c1c(O)[nH]c2ccccc12. The second kappa shape index (κ2) is 4.53. The summed E-state index contributed by atoms with van der Waals surface area (Å²) in [5.41, 5.74) is 4.73. The molecule has 2 aromatic carbocycles. The van der Waals surface area contributed by atoms with Crippen molar-refractivity contribution in [1.29, 1.82) is 5.41 Å². The highest BCUT2D eigenvalue weighted by molar-refractivity contribution is 6.20. The van der Waals surface area contributed by atoms with E-state index in [2.05, 4.69) is 4.98 Å². The third-order valence-electron chi connectivity index (χ3n) is 3.67. The van der Waals surface area contributed by atoms with Gasteiger partial charge in [0.05, 0.1) is 11.3 Å². The molecule has 0 spiro atoms. The number of aromatic amines is 1. The zero-order valence-corrected chi connectivity index (χ0v) is 11.5. The molecule has 0 saturated carbocycles. The van der Waals surface area contributed by atoms with Gasteiger partial charge < -0.3 is 10.1 Å². The number of benzene rings is 2. The van der Waals surface area contributed by atoms with Gasteiger partial charge in [0.25, 0.3) is 0 Å². The molecular weight excluding hydrogens is 248 g/mol. The van der Waals surface area contributed by atoms with Crippen LogP contribution in [0.25, 0.3) is 10.9 Å². The summed E-state index contributed by atoms with van der Waals surface area (Å²) in [7, 11) is 0. The van der Waals surface area contributed by atoms with Crippen molar-refractivity contribution in [2.75, 3.05) is 0 Å². The van der Waals surface area contributed by atoms with E-state index in [-0.39, 0.29) is 5.88 Å². The summed E-state index contributed by atoms with van der Waals surface area (Å²) in [6.07, 6.45) is 0. The normalized spacial score (nSPS) is 10.9. The molecule has 20 heavy (non-hydrogen) atoms. The number of rotatable bonds is 2. The standard InChI is InChI=1S/C17H16N2O/c1-10-6-5-7-11(2)14(10)16(18)15-12-8-3-4-9-13(12)19-17(15)20/h3-9,18-20H,1-2H3. The largest absolute Gasteiger partial charge is 0.494 e. The van der Waals surface area contributed by atoms with Gasteiger partial charge in [-0.2, -0.15) is 0 Å². The molecule has 1 heterocycles. The maximum absolute atomic E-state index is 10.2. The number of H-pyrrole nitrogens is 1. The van der Waals surface area contributed by atoms with E-state index < -0.39 is 0 Å². The van der Waals surface area contributed by atoms with Crippen LogP contribution in [-0.2, 0) is 0 Å². The van der Waals surface area contributed by atoms with Crippen LogP contribution in [0.2, 0.25) is 0 Å². The van der Waals surface area contributed by atoms with Gasteiger partial charge in [-0.3, -0.25) is 5.41 Å². The molecule has 0 fully saturated rings. The van der Waals surface area contributed by atoms with Crippen LogP contribution < -0.4 is 0 Å². The van der Waals surface area contributed by atoms with Gasteiger partial charge in [-0.25, -0.2) is 0 Å². The fourth-order valence-corrected chi connectivity index (χ4v) is 2.71. The van der Waals surface area contributed by atoms with Gasteiger partial charge in [-0.1, -0.05) is 36.4 Å². The fourth-order valence-electron chi connectivity index (χ4n) is 2.71. The highest BCUT2D eigenvalue weighted by Crippen LogP contribution is 2.30. The summed E-state index contributed by atoms with van der Waals surface area (Å²) in [5, 5.41) is 19.5. The molecule has 0 aliphatic rings. The molecule has 0 saturated heterocycles. The van der Waals surface area contributed by atoms with Crippen LogP contribution in [-0.4, -0.2) is 15.8 Å². The molecule has 3 aromatic rings. The summed E-state index contributed by atoms with van der Waals surface area (Å²) >= 11 is 0. The minimum absolute atomic E-state index is 0.0545. The van der Waals surface area contributed by atoms with Crippen molar-refractivity contribution >= 4 is 16.6 Å². The molecule has 0 amide bonds. The number of para-hydroxylation sites is 1. The third-order valence-corrected chi connectivity index (χ3v) is 3.67. The highest BCUT2D eigenvalue weighted by atomic mass is 16.3. The first-order chi connectivity index (χ1) is 9.59. The van der Waals surface area contributed by atoms with E-state index in [1.807, 2.05) is 56.3 Å². The Balaban J connectivity index is 2.26. The third kappa shape index (κ3) is 1.79. The van der Waals surface area contributed by atoms with E-state index in [1.165, 1.54) is 0 Å². The fraction of sp³-hybridized carbons (Fsp3) is 0.118. The quantitative estimate of drug-likeness (QED) is 0.604. The molecular formula is C17H16N2O. The lowest BCUT2D eigenvalue weighted by atomic mass is 9.94. The van der Waals surface area contributed by atoms with E-state index >= 15 is 0 Å². The van der Waals surface area contributed by atoms with Gasteiger partial charge >= 0.3 is 0 Å². The monoisotopic (exact) mass is 264 g/mol. The molecule has 0 unspecified atom stereocenters. The van der Waals surface area contributed by atoms with E-state index in [0.29, 0.717) is 11.3 Å². The van der Waals surface area contributed by atoms with Crippen LogP contribution in [0, 0.1) is 19.3 Å². The second-order valence-corrected chi connectivity index (χ2v) is 5.04. The highest BCUT2D eigenvalue weighted by Gasteiger charge is 2.18. The molecule has 3 N–H and O–H groups in total. The van der Waals surface area contributed by atoms with Crippen molar-refractivity contribution in [1.82, 2.24) is 4.98 Å². The predicted molar refractivity (Wildman–Crippen MR) is 81.8 cm³/mol. The summed E-state index contributed by atoms with van der Waals surface area (Å²) in [6.45, 7) is 3.98. The maximum Gasteiger partial charge on any atom is 0.199 e. The van der Waals surface area contributed by atoms with Crippen molar-refractivity contribution < 1.29 is 5.11 Å². The van der Waals surface area contributed by atoms with Gasteiger partial charge in [-0.05, 0) is 31.0 Å². The Morgan fingerprint density at radius 1 is 0.950 bits per heavy atom. The van der Waals surface area contributed by atoms with Gasteiger partial charge in [0.1, 0.15) is 0 Å². The van der Waals surface area contributed by atoms with E-state index in [0.717, 1.165) is 27.6 Å². The summed E-state index contributed by atoms with van der Waals surface area (Å²) < 4.78 is 0. The minimum atomic E-state index is 0.0545. The molecule has 3 rings (SSSR count). The lowest BCUT2D eigenvalue weighted by Gasteiger charge is -2.11. The molecule has 3 heteroatoms. The van der Waals surface area contributed by atoms with Crippen LogP contribution in [0.15, 0.2) is 42.5 Å². The number of hydrogen-bond donors (Lipinski definition) is 3. The zero-order chi connectivity index (χ0) is 14.3. The average molecular weight is 264 g/mol. The number of nitrogens with one attached hydrogen (secondary N) is 2. The molecule has 0 aliphatic carbocycles. The molecule has 1 aromatic heterocycles. The number of aromatic hydroxyl groups is 1. The Hall–Kier alpha value is -2.55. The van der Waals surface area contributed by atoms with Crippen LogP contribution in [0.3, 0.4) is 0 Å². The Kier molecular flexibility index (Phi) is 2.83. The Bertz CT molecular complexity index is 795. The van der Waals surface area contributed by atoms with Crippen molar-refractivity contribution in [2.45, 2.75) is 13.8 Å². The van der Waals surface area contributed by atoms with Gasteiger partial charge in [-0.15, -0.1) is 0 Å². The molecule has 100 valence electrons. The lowest BCUT2D eigenvalue weighted by Crippen LogP contribution is -2.06.